The number of hydrogen-bond donors (Lipinski definition) is 1. The summed E-state index contributed by atoms with van der Waals surface area (Å²) in [6.07, 6.45) is 1.59. The third-order valence-electron chi connectivity index (χ3n) is 4.68. The molecule has 4 rings (SSSR count). The number of rotatable bonds is 5. The van der Waals surface area contributed by atoms with Gasteiger partial charge in [-0.2, -0.15) is 5.10 Å². The Kier molecular flexibility index (Phi) is 5.22. The van der Waals surface area contributed by atoms with Crippen molar-refractivity contribution in [3.63, 3.8) is 0 Å². The molecule has 2 aromatic heterocycles. The molecule has 4 aromatic rings. The normalized spacial score (nSPS) is 11.1. The van der Waals surface area contributed by atoms with Crippen molar-refractivity contribution >= 4 is 33.1 Å². The van der Waals surface area contributed by atoms with Crippen LogP contribution in [0.1, 0.15) is 25.3 Å². The molecule has 0 fully saturated rings. The summed E-state index contributed by atoms with van der Waals surface area (Å²) in [6, 6.07) is 15.4. The molecule has 1 N–H and O–H groups in total. The lowest BCUT2D eigenvalue weighted by atomic mass is 10.0. The largest absolute Gasteiger partial charge is 0.300 e. The van der Waals surface area contributed by atoms with E-state index in [1.54, 1.807) is 18.3 Å². The average Bonchev–Trinajstić information content (AvgIpc) is 3.18. The van der Waals surface area contributed by atoms with Gasteiger partial charge in [0, 0.05) is 16.3 Å². The highest BCUT2D eigenvalue weighted by Gasteiger charge is 2.11. The maximum absolute atomic E-state index is 12.5. The van der Waals surface area contributed by atoms with Gasteiger partial charge in [-0.15, -0.1) is 11.3 Å². The van der Waals surface area contributed by atoms with Gasteiger partial charge < -0.3 is 5.32 Å². The van der Waals surface area contributed by atoms with Gasteiger partial charge in [0.2, 0.25) is 5.91 Å². The van der Waals surface area contributed by atoms with Gasteiger partial charge in [0.1, 0.15) is 6.54 Å². The van der Waals surface area contributed by atoms with Crippen LogP contribution in [0.4, 0.5) is 5.13 Å². The second-order valence-corrected chi connectivity index (χ2v) is 7.92. The van der Waals surface area contributed by atoms with E-state index in [2.05, 4.69) is 41.4 Å². The molecule has 2 heterocycles. The van der Waals surface area contributed by atoms with Crippen LogP contribution in [0.25, 0.3) is 22.0 Å². The molecule has 0 aliphatic carbocycles. The van der Waals surface area contributed by atoms with Crippen LogP contribution in [0.15, 0.2) is 64.9 Å². The van der Waals surface area contributed by atoms with Gasteiger partial charge in [0.25, 0.3) is 5.56 Å². The summed E-state index contributed by atoms with van der Waals surface area (Å²) in [5.41, 5.74) is 2.79. The fraction of sp³-hybridized carbons (Fsp3) is 0.182. The molecule has 0 spiro atoms. The summed E-state index contributed by atoms with van der Waals surface area (Å²) < 4.78 is 1.16. The Morgan fingerprint density at radius 1 is 1.14 bits per heavy atom. The summed E-state index contributed by atoms with van der Waals surface area (Å²) >= 11 is 1.35. The van der Waals surface area contributed by atoms with E-state index < -0.39 is 0 Å². The number of hydrogen-bond acceptors (Lipinski definition) is 5. The first-order valence-electron chi connectivity index (χ1n) is 9.32. The number of carbonyl (C=O) groups is 1. The van der Waals surface area contributed by atoms with Crippen molar-refractivity contribution in [3.05, 3.63) is 76.0 Å². The number of nitrogens with one attached hydrogen (secondary N) is 1. The highest BCUT2D eigenvalue weighted by molar-refractivity contribution is 7.14. The van der Waals surface area contributed by atoms with E-state index in [4.69, 9.17) is 0 Å². The second kappa shape index (κ2) is 7.97. The predicted molar refractivity (Wildman–Crippen MR) is 116 cm³/mol. The van der Waals surface area contributed by atoms with Crippen LogP contribution in [0.3, 0.4) is 0 Å². The van der Waals surface area contributed by atoms with Crippen molar-refractivity contribution in [3.8, 4) is 11.3 Å². The van der Waals surface area contributed by atoms with E-state index >= 15 is 0 Å². The number of amides is 1. The van der Waals surface area contributed by atoms with Gasteiger partial charge >= 0.3 is 0 Å². The second-order valence-electron chi connectivity index (χ2n) is 7.06. The number of thiazole rings is 1. The Hall–Kier alpha value is -3.32. The zero-order chi connectivity index (χ0) is 20.4. The van der Waals surface area contributed by atoms with Crippen molar-refractivity contribution in [1.29, 1.82) is 0 Å². The first-order valence-corrected chi connectivity index (χ1v) is 10.2. The summed E-state index contributed by atoms with van der Waals surface area (Å²) in [5.74, 6) is 0.132. The van der Waals surface area contributed by atoms with Crippen LogP contribution in [-0.4, -0.2) is 20.7 Å². The highest BCUT2D eigenvalue weighted by Crippen LogP contribution is 2.26. The van der Waals surface area contributed by atoms with Gasteiger partial charge in [-0.25, -0.2) is 9.67 Å². The van der Waals surface area contributed by atoms with Gasteiger partial charge in [-0.3, -0.25) is 9.59 Å². The number of aromatic nitrogens is 3. The van der Waals surface area contributed by atoms with Gasteiger partial charge in [0.15, 0.2) is 5.13 Å². The maximum Gasteiger partial charge on any atom is 0.275 e. The van der Waals surface area contributed by atoms with Crippen LogP contribution < -0.4 is 10.9 Å². The number of benzene rings is 2. The molecular formula is C22H20N4O2S. The van der Waals surface area contributed by atoms with Crippen molar-refractivity contribution in [2.45, 2.75) is 26.3 Å². The van der Waals surface area contributed by atoms with Crippen LogP contribution in [0, 0.1) is 0 Å². The van der Waals surface area contributed by atoms with Gasteiger partial charge in [-0.05, 0) is 17.5 Å². The number of nitrogens with zero attached hydrogens (tertiary/aromatic N) is 3. The number of anilines is 1. The molecule has 0 aliphatic rings. The molecule has 2 aromatic carbocycles. The first kappa shape index (κ1) is 19.0. The maximum atomic E-state index is 12.5. The van der Waals surface area contributed by atoms with Crippen molar-refractivity contribution in [2.75, 3.05) is 5.32 Å². The van der Waals surface area contributed by atoms with Crippen LogP contribution in [-0.2, 0) is 11.3 Å². The van der Waals surface area contributed by atoms with Crippen molar-refractivity contribution in [1.82, 2.24) is 14.8 Å². The SMILES string of the molecule is CC(C)c1ccc(-c2csc(NC(=O)Cn3ncc4ccccc4c3=O)n2)cc1. The van der Waals surface area contributed by atoms with E-state index in [1.807, 2.05) is 29.6 Å². The lowest BCUT2D eigenvalue weighted by Crippen LogP contribution is -2.29. The Bertz CT molecular complexity index is 1230. The molecule has 6 nitrogen and oxygen atoms in total. The van der Waals surface area contributed by atoms with Gasteiger partial charge in [0.05, 0.1) is 17.3 Å². The summed E-state index contributed by atoms with van der Waals surface area (Å²) in [4.78, 5) is 29.4. The molecular weight excluding hydrogens is 384 g/mol. The van der Waals surface area contributed by atoms with E-state index in [-0.39, 0.29) is 18.0 Å². The highest BCUT2D eigenvalue weighted by atomic mass is 32.1. The minimum atomic E-state index is -0.342. The Morgan fingerprint density at radius 3 is 2.66 bits per heavy atom. The summed E-state index contributed by atoms with van der Waals surface area (Å²) in [5, 5.41) is 10.5. The lowest BCUT2D eigenvalue weighted by Gasteiger charge is -2.06. The molecule has 0 bridgehead atoms. The Labute approximate surface area is 171 Å². The Morgan fingerprint density at radius 2 is 1.90 bits per heavy atom. The third kappa shape index (κ3) is 4.09. The summed E-state index contributed by atoms with van der Waals surface area (Å²) in [7, 11) is 0. The monoisotopic (exact) mass is 404 g/mol. The quantitative estimate of drug-likeness (QED) is 0.539. The fourth-order valence-electron chi connectivity index (χ4n) is 3.04. The molecule has 0 aliphatic heterocycles. The standard InChI is InChI=1S/C22H20N4O2S/c1-14(2)15-7-9-16(10-8-15)19-13-29-22(24-19)25-20(27)12-26-21(28)18-6-4-3-5-17(18)11-23-26/h3-11,13-14H,12H2,1-2H3,(H,24,25,27). The van der Waals surface area contributed by atoms with Crippen molar-refractivity contribution in [2.24, 2.45) is 0 Å². The molecule has 0 saturated heterocycles. The first-order chi connectivity index (χ1) is 14.0. The minimum Gasteiger partial charge on any atom is -0.300 e. The zero-order valence-electron chi connectivity index (χ0n) is 16.1. The smallest absolute Gasteiger partial charge is 0.275 e. The Balaban J connectivity index is 1.47. The van der Waals surface area contributed by atoms with Gasteiger partial charge in [-0.1, -0.05) is 56.3 Å². The topological polar surface area (TPSA) is 76.9 Å². The molecule has 0 saturated carbocycles. The summed E-state index contributed by atoms with van der Waals surface area (Å²) in [6.45, 7) is 4.14. The van der Waals surface area contributed by atoms with E-state index in [0.717, 1.165) is 21.3 Å². The lowest BCUT2D eigenvalue weighted by molar-refractivity contribution is -0.117. The van der Waals surface area contributed by atoms with Crippen LogP contribution in [0.2, 0.25) is 0 Å². The number of fused-ring (bicyclic) bond motifs is 1. The van der Waals surface area contributed by atoms with E-state index in [9.17, 15) is 9.59 Å². The molecule has 1 amide bonds. The van der Waals surface area contributed by atoms with Crippen LogP contribution >= 0.6 is 11.3 Å². The molecule has 0 unspecified atom stereocenters. The third-order valence-corrected chi connectivity index (χ3v) is 5.44. The number of carbonyl (C=O) groups excluding carboxylic acids is 1. The van der Waals surface area contributed by atoms with Crippen LogP contribution in [0.5, 0.6) is 0 Å². The zero-order valence-corrected chi connectivity index (χ0v) is 16.9. The molecule has 146 valence electrons. The van der Waals surface area contributed by atoms with E-state index in [0.29, 0.717) is 16.4 Å². The fourth-order valence-corrected chi connectivity index (χ4v) is 3.77. The molecule has 7 heteroatoms. The predicted octanol–water partition coefficient (Wildman–Crippen LogP) is 4.28. The average molecular weight is 404 g/mol. The minimum absolute atomic E-state index is 0.165. The van der Waals surface area contributed by atoms with E-state index in [1.165, 1.54) is 16.9 Å². The molecule has 0 atom stereocenters. The van der Waals surface area contributed by atoms with Crippen molar-refractivity contribution < 1.29 is 4.79 Å². The molecule has 0 radical (unpaired) electrons. The molecule has 29 heavy (non-hydrogen) atoms.